The van der Waals surface area contributed by atoms with Gasteiger partial charge in [0.1, 0.15) is 0 Å². The molecule has 0 amide bonds. The van der Waals surface area contributed by atoms with Gasteiger partial charge in [0.05, 0.1) is 19.8 Å². The molecule has 0 saturated heterocycles. The van der Waals surface area contributed by atoms with E-state index < -0.39 is 5.79 Å². The van der Waals surface area contributed by atoms with Gasteiger partial charge in [-0.2, -0.15) is 0 Å². The molecule has 0 aliphatic rings. The highest BCUT2D eigenvalue weighted by molar-refractivity contribution is 4.93. The third-order valence-corrected chi connectivity index (χ3v) is 8.11. The summed E-state index contributed by atoms with van der Waals surface area (Å²) < 4.78 is 12.6. The molecule has 0 heterocycles. The summed E-state index contributed by atoms with van der Waals surface area (Å²) in [6, 6.07) is 0. The maximum atomic E-state index is 6.30. The van der Waals surface area contributed by atoms with Crippen LogP contribution in [0.5, 0.6) is 0 Å². The molecule has 0 unspecified atom stereocenters. The Morgan fingerprint density at radius 2 is 0.750 bits per heavy atom. The number of nitrogens with zero attached hydrogens (tertiary/aromatic N) is 1. The highest BCUT2D eigenvalue weighted by atomic mass is 16.7. The van der Waals surface area contributed by atoms with E-state index in [4.69, 9.17) is 9.47 Å². The lowest BCUT2D eigenvalue weighted by Gasteiger charge is -2.32. The minimum Gasteiger partial charge on any atom is -0.349 e. The highest BCUT2D eigenvalue weighted by Gasteiger charge is 2.26. The molecule has 0 N–H and O–H groups in total. The van der Waals surface area contributed by atoms with Crippen LogP contribution in [0.15, 0.2) is 48.6 Å². The molecule has 0 bridgehead atoms. The summed E-state index contributed by atoms with van der Waals surface area (Å²) in [5.41, 5.74) is 0. The largest absolute Gasteiger partial charge is 0.349 e. The highest BCUT2D eigenvalue weighted by Crippen LogP contribution is 2.17. The smallest absolute Gasteiger partial charge is 0.178 e. The number of ether oxygens (including phenoxy) is 2. The van der Waals surface area contributed by atoms with Crippen molar-refractivity contribution in [2.24, 2.45) is 0 Å². The Balaban J connectivity index is 3.73. The zero-order valence-corrected chi connectivity index (χ0v) is 30.5. The zero-order chi connectivity index (χ0) is 32.2. The molecule has 0 rings (SSSR count). The zero-order valence-electron chi connectivity index (χ0n) is 30.5. The quantitative estimate of drug-likeness (QED) is 0.0408. The summed E-state index contributed by atoms with van der Waals surface area (Å²) in [6.45, 7) is 9.04. The molecule has 0 aliphatic heterocycles. The van der Waals surface area contributed by atoms with E-state index in [-0.39, 0.29) is 0 Å². The minimum atomic E-state index is -0.502. The van der Waals surface area contributed by atoms with Crippen LogP contribution in [0, 0.1) is 0 Å². The number of hydrogen-bond donors (Lipinski definition) is 0. The molecule has 0 atom stereocenters. The van der Waals surface area contributed by atoms with Crippen LogP contribution >= 0.6 is 0 Å². The van der Waals surface area contributed by atoms with Gasteiger partial charge >= 0.3 is 0 Å². The number of allylic oxidation sites excluding steroid dienone is 8. The number of likely N-dealkylation sites (N-methyl/N-ethyl adjacent to an activating group) is 1. The van der Waals surface area contributed by atoms with Crippen LogP contribution in [-0.2, 0) is 9.47 Å². The second kappa shape index (κ2) is 34.7. The van der Waals surface area contributed by atoms with Crippen LogP contribution in [0.3, 0.4) is 0 Å². The average molecular weight is 616 g/mol. The molecule has 0 aromatic heterocycles. The van der Waals surface area contributed by atoms with Crippen molar-refractivity contribution in [3.05, 3.63) is 48.6 Å². The van der Waals surface area contributed by atoms with Crippen LogP contribution in [-0.4, -0.2) is 44.5 Å². The molecule has 0 aromatic rings. The van der Waals surface area contributed by atoms with Crippen LogP contribution in [0.25, 0.3) is 0 Å². The van der Waals surface area contributed by atoms with E-state index in [0.717, 1.165) is 45.4 Å². The average Bonchev–Trinajstić information content (AvgIpc) is 3.00. The standard InChI is InChI=1S/C41H77NO2/c1-6-8-10-12-14-16-18-20-22-24-26-28-30-32-34-36-38-43-41(3,40-42(4)5)44-39-37-35-33-31-29-27-25-23-21-19-17-15-13-11-9-7-2/h14-17,20-23H,6-13,18-19,24-40H2,1-5H3. The van der Waals surface area contributed by atoms with Crippen LogP contribution in [0.1, 0.15) is 175 Å². The van der Waals surface area contributed by atoms with Crippen molar-refractivity contribution >= 4 is 0 Å². The first-order valence-electron chi connectivity index (χ1n) is 19.1. The first kappa shape index (κ1) is 42.8. The van der Waals surface area contributed by atoms with Crippen LogP contribution < -0.4 is 0 Å². The Hall–Kier alpha value is -1.16. The predicted molar refractivity (Wildman–Crippen MR) is 198 cm³/mol. The minimum absolute atomic E-state index is 0.502. The number of rotatable bonds is 34. The fourth-order valence-corrected chi connectivity index (χ4v) is 5.46. The predicted octanol–water partition coefficient (Wildman–Crippen LogP) is 12.9. The van der Waals surface area contributed by atoms with Crippen LogP contribution in [0.4, 0.5) is 0 Å². The molecule has 0 saturated carbocycles. The third kappa shape index (κ3) is 33.7. The molecular weight excluding hydrogens is 538 g/mol. The monoisotopic (exact) mass is 616 g/mol. The molecule has 0 spiro atoms. The molecule has 0 radical (unpaired) electrons. The van der Waals surface area contributed by atoms with Crippen molar-refractivity contribution in [3.8, 4) is 0 Å². The lowest BCUT2D eigenvalue weighted by atomic mass is 10.1. The second-order valence-electron chi connectivity index (χ2n) is 13.2. The van der Waals surface area contributed by atoms with Crippen molar-refractivity contribution in [1.29, 1.82) is 0 Å². The van der Waals surface area contributed by atoms with Gasteiger partial charge in [0.2, 0.25) is 0 Å². The number of hydrogen-bond acceptors (Lipinski definition) is 3. The van der Waals surface area contributed by atoms with Crippen molar-refractivity contribution in [2.45, 2.75) is 181 Å². The second-order valence-corrected chi connectivity index (χ2v) is 13.2. The van der Waals surface area contributed by atoms with Crippen molar-refractivity contribution in [3.63, 3.8) is 0 Å². The topological polar surface area (TPSA) is 21.7 Å². The van der Waals surface area contributed by atoms with Gasteiger partial charge in [0, 0.05) is 0 Å². The maximum absolute atomic E-state index is 6.30. The molecular formula is C41H77NO2. The molecule has 0 aromatic carbocycles. The van der Waals surface area contributed by atoms with E-state index in [1.54, 1.807) is 0 Å². The van der Waals surface area contributed by atoms with Gasteiger partial charge in [-0.1, -0.05) is 140 Å². The fraction of sp³-hybridized carbons (Fsp3) is 0.805. The van der Waals surface area contributed by atoms with Gasteiger partial charge in [-0.05, 0) is 98.1 Å². The normalized spacial score (nSPS) is 14.0. The SMILES string of the molecule is CCCCCC=CCC=CCCCCCCCCOC(C)(CN(C)C)OCCCCCCCCC=CCC=CCCCCC. The van der Waals surface area contributed by atoms with Gasteiger partial charge in [0.25, 0.3) is 0 Å². The van der Waals surface area contributed by atoms with Gasteiger partial charge < -0.3 is 14.4 Å². The van der Waals surface area contributed by atoms with E-state index in [2.05, 4.69) is 88.4 Å². The Morgan fingerprint density at radius 3 is 1.09 bits per heavy atom. The molecule has 258 valence electrons. The van der Waals surface area contributed by atoms with Crippen molar-refractivity contribution < 1.29 is 9.47 Å². The third-order valence-electron chi connectivity index (χ3n) is 8.11. The summed E-state index contributed by atoms with van der Waals surface area (Å²) in [5, 5.41) is 0. The first-order chi connectivity index (χ1) is 21.5. The van der Waals surface area contributed by atoms with Gasteiger partial charge in [-0.25, -0.2) is 0 Å². The maximum Gasteiger partial charge on any atom is 0.178 e. The van der Waals surface area contributed by atoms with E-state index in [1.165, 1.54) is 128 Å². The number of unbranched alkanes of at least 4 members (excludes halogenated alkanes) is 18. The summed E-state index contributed by atoms with van der Waals surface area (Å²) in [7, 11) is 4.21. The Labute approximate surface area is 277 Å². The molecule has 3 nitrogen and oxygen atoms in total. The lowest BCUT2D eigenvalue weighted by molar-refractivity contribution is -0.232. The molecule has 3 heteroatoms. The Bertz CT molecular complexity index is 628. The van der Waals surface area contributed by atoms with Gasteiger partial charge in [-0.15, -0.1) is 0 Å². The summed E-state index contributed by atoms with van der Waals surface area (Å²) in [4.78, 5) is 2.18. The summed E-state index contributed by atoms with van der Waals surface area (Å²) >= 11 is 0. The van der Waals surface area contributed by atoms with Crippen molar-refractivity contribution in [2.75, 3.05) is 33.9 Å². The Morgan fingerprint density at radius 1 is 0.432 bits per heavy atom. The van der Waals surface area contributed by atoms with E-state index >= 15 is 0 Å². The Kier molecular flexibility index (Phi) is 33.8. The van der Waals surface area contributed by atoms with Crippen LogP contribution in [0.2, 0.25) is 0 Å². The first-order valence-corrected chi connectivity index (χ1v) is 19.1. The van der Waals surface area contributed by atoms with E-state index in [1.807, 2.05) is 0 Å². The lowest BCUT2D eigenvalue weighted by Crippen LogP contribution is -2.43. The summed E-state index contributed by atoms with van der Waals surface area (Å²) in [6.07, 6.45) is 49.2. The molecule has 0 fully saturated rings. The molecule has 44 heavy (non-hydrogen) atoms. The summed E-state index contributed by atoms with van der Waals surface area (Å²) in [5.74, 6) is -0.502. The van der Waals surface area contributed by atoms with Crippen molar-refractivity contribution in [1.82, 2.24) is 4.90 Å². The van der Waals surface area contributed by atoms with Gasteiger partial charge in [-0.3, -0.25) is 0 Å². The van der Waals surface area contributed by atoms with E-state index in [0.29, 0.717) is 0 Å². The van der Waals surface area contributed by atoms with Gasteiger partial charge in [0.15, 0.2) is 5.79 Å². The molecule has 0 aliphatic carbocycles. The fourth-order valence-electron chi connectivity index (χ4n) is 5.46. The van der Waals surface area contributed by atoms with E-state index in [9.17, 15) is 0 Å².